The molecule has 0 aliphatic carbocycles. The zero-order chi connectivity index (χ0) is 17.3. The van der Waals surface area contributed by atoms with Gasteiger partial charge in [-0.05, 0) is 53.4 Å². The van der Waals surface area contributed by atoms with Crippen molar-refractivity contribution in [3.63, 3.8) is 0 Å². The van der Waals surface area contributed by atoms with Crippen molar-refractivity contribution in [3.8, 4) is 22.3 Å². The van der Waals surface area contributed by atoms with E-state index in [1.165, 1.54) is 29.8 Å². The van der Waals surface area contributed by atoms with Crippen molar-refractivity contribution in [1.29, 1.82) is 0 Å². The third-order valence-corrected chi connectivity index (χ3v) is 5.01. The smallest absolute Gasteiger partial charge is 0.134 e. The maximum atomic E-state index is 14.5. The van der Waals surface area contributed by atoms with E-state index < -0.39 is 17.5 Å². The topological polar surface area (TPSA) is 0 Å². The maximum absolute atomic E-state index is 14.5. The Bertz CT molecular complexity index is 863. The SMILES string of the molecule is Cc1ccc(-c2c(F)cc(-c3ccc(C[SiH3])cc3)cc2F)cc1F. The number of halogens is 3. The fourth-order valence-corrected chi connectivity index (χ4v) is 3.17. The molecule has 122 valence electrons. The molecule has 0 aromatic heterocycles. The van der Waals surface area contributed by atoms with Crippen molar-refractivity contribution in [1.82, 2.24) is 0 Å². The number of hydrogen-bond acceptors (Lipinski definition) is 0. The molecule has 0 saturated heterocycles. The van der Waals surface area contributed by atoms with Gasteiger partial charge in [-0.2, -0.15) is 0 Å². The molecule has 0 bridgehead atoms. The quantitative estimate of drug-likeness (QED) is 0.610. The molecule has 0 nitrogen and oxygen atoms in total. The number of benzene rings is 3. The molecule has 3 aromatic carbocycles. The lowest BCUT2D eigenvalue weighted by atomic mass is 9.97. The Hall–Kier alpha value is -2.33. The van der Waals surface area contributed by atoms with Crippen LogP contribution in [0.15, 0.2) is 54.6 Å². The maximum Gasteiger partial charge on any atom is 0.134 e. The van der Waals surface area contributed by atoms with E-state index in [4.69, 9.17) is 0 Å². The summed E-state index contributed by atoms with van der Waals surface area (Å²) in [5, 5.41) is 0. The molecule has 0 amide bonds. The van der Waals surface area contributed by atoms with Crippen LogP contribution in [0.25, 0.3) is 22.3 Å². The highest BCUT2D eigenvalue weighted by Crippen LogP contribution is 2.32. The van der Waals surface area contributed by atoms with Gasteiger partial charge in [-0.25, -0.2) is 13.2 Å². The van der Waals surface area contributed by atoms with Crippen LogP contribution in [0.5, 0.6) is 0 Å². The second-order valence-electron chi connectivity index (χ2n) is 5.83. The van der Waals surface area contributed by atoms with Crippen LogP contribution < -0.4 is 0 Å². The summed E-state index contributed by atoms with van der Waals surface area (Å²) < 4.78 is 42.7. The zero-order valence-corrected chi connectivity index (χ0v) is 15.5. The summed E-state index contributed by atoms with van der Waals surface area (Å²) in [5.41, 5.74) is 2.89. The van der Waals surface area contributed by atoms with E-state index in [0.717, 1.165) is 27.9 Å². The first-order chi connectivity index (χ1) is 11.5. The summed E-state index contributed by atoms with van der Waals surface area (Å²) in [7, 11) is 1.07. The van der Waals surface area contributed by atoms with E-state index in [1.54, 1.807) is 6.92 Å². The summed E-state index contributed by atoms with van der Waals surface area (Å²) in [6.45, 7) is 1.61. The minimum absolute atomic E-state index is 0.200. The van der Waals surface area contributed by atoms with Crippen LogP contribution in [-0.4, -0.2) is 10.2 Å². The summed E-state index contributed by atoms with van der Waals surface area (Å²) in [4.78, 5) is 0. The Morgan fingerprint density at radius 3 is 1.79 bits per heavy atom. The standard InChI is InChI=1S/C20H17F3Si/c1-12-2-5-15(8-17(12)21)20-18(22)9-16(10-19(20)23)14-6-3-13(11-24)4-7-14/h2-10H,11H2,1,24H3. The second-order valence-corrected chi connectivity index (χ2v) is 6.54. The van der Waals surface area contributed by atoms with Gasteiger partial charge in [0, 0.05) is 10.2 Å². The van der Waals surface area contributed by atoms with Gasteiger partial charge in [-0.1, -0.05) is 42.0 Å². The molecule has 0 radical (unpaired) electrons. The Morgan fingerprint density at radius 1 is 0.708 bits per heavy atom. The van der Waals surface area contributed by atoms with Crippen LogP contribution in [0.1, 0.15) is 11.1 Å². The molecule has 0 atom stereocenters. The minimum atomic E-state index is -0.694. The van der Waals surface area contributed by atoms with Gasteiger partial charge in [-0.3, -0.25) is 0 Å². The van der Waals surface area contributed by atoms with Crippen LogP contribution >= 0.6 is 0 Å². The lowest BCUT2D eigenvalue weighted by Gasteiger charge is -2.10. The molecule has 0 aliphatic heterocycles. The van der Waals surface area contributed by atoms with Crippen molar-refractivity contribution in [2.45, 2.75) is 13.0 Å². The van der Waals surface area contributed by atoms with Gasteiger partial charge in [0.25, 0.3) is 0 Å². The monoisotopic (exact) mass is 342 g/mol. The molecule has 0 aliphatic rings. The Labute approximate surface area is 142 Å². The van der Waals surface area contributed by atoms with Crippen LogP contribution in [0.3, 0.4) is 0 Å². The van der Waals surface area contributed by atoms with E-state index in [1.807, 2.05) is 24.3 Å². The molecule has 0 N–H and O–H groups in total. The Morgan fingerprint density at radius 2 is 1.25 bits per heavy atom. The molecule has 24 heavy (non-hydrogen) atoms. The lowest BCUT2D eigenvalue weighted by Crippen LogP contribution is -1.94. The second kappa shape index (κ2) is 6.65. The third kappa shape index (κ3) is 3.15. The average Bonchev–Trinajstić information content (AvgIpc) is 2.57. The van der Waals surface area contributed by atoms with E-state index in [9.17, 15) is 13.2 Å². The number of hydrogen-bond donors (Lipinski definition) is 0. The summed E-state index contributed by atoms with van der Waals surface area (Å²) >= 11 is 0. The highest BCUT2D eigenvalue weighted by molar-refractivity contribution is 6.08. The molecule has 3 aromatic rings. The highest BCUT2D eigenvalue weighted by atomic mass is 28.1. The van der Waals surface area contributed by atoms with Gasteiger partial charge in [0.2, 0.25) is 0 Å². The summed E-state index contributed by atoms with van der Waals surface area (Å²) in [5.74, 6) is -1.87. The molecule has 0 spiro atoms. The van der Waals surface area contributed by atoms with Gasteiger partial charge in [0.05, 0.1) is 5.56 Å². The van der Waals surface area contributed by atoms with Crippen molar-refractivity contribution < 1.29 is 13.2 Å². The molecule has 0 fully saturated rings. The highest BCUT2D eigenvalue weighted by Gasteiger charge is 2.15. The molecular formula is C20H17F3Si. The molecule has 0 unspecified atom stereocenters. The molecule has 4 heteroatoms. The van der Waals surface area contributed by atoms with E-state index >= 15 is 0 Å². The van der Waals surface area contributed by atoms with Gasteiger partial charge in [0.1, 0.15) is 17.5 Å². The normalized spacial score (nSPS) is 11.0. The fraction of sp³-hybridized carbons (Fsp3) is 0.100. The first-order valence-electron chi connectivity index (χ1n) is 7.84. The predicted molar refractivity (Wildman–Crippen MR) is 95.6 cm³/mol. The zero-order valence-electron chi connectivity index (χ0n) is 13.5. The van der Waals surface area contributed by atoms with Crippen molar-refractivity contribution in [3.05, 3.63) is 83.2 Å². The predicted octanol–water partition coefficient (Wildman–Crippen LogP) is 4.61. The van der Waals surface area contributed by atoms with Crippen molar-refractivity contribution >= 4 is 10.2 Å². The van der Waals surface area contributed by atoms with Crippen LogP contribution in [0.4, 0.5) is 13.2 Å². The van der Waals surface area contributed by atoms with Crippen molar-refractivity contribution in [2.24, 2.45) is 0 Å². The van der Waals surface area contributed by atoms with Gasteiger partial charge in [-0.15, -0.1) is 0 Å². The van der Waals surface area contributed by atoms with Crippen molar-refractivity contribution in [2.75, 3.05) is 0 Å². The first kappa shape index (κ1) is 16.5. The molecular weight excluding hydrogens is 325 g/mol. The minimum Gasteiger partial charge on any atom is -0.207 e. The van der Waals surface area contributed by atoms with Crippen LogP contribution in [0.2, 0.25) is 0 Å². The molecule has 0 heterocycles. The average molecular weight is 342 g/mol. The van der Waals surface area contributed by atoms with E-state index in [2.05, 4.69) is 0 Å². The van der Waals surface area contributed by atoms with Gasteiger partial charge in [0.15, 0.2) is 0 Å². The lowest BCUT2D eigenvalue weighted by molar-refractivity contribution is 0.589. The van der Waals surface area contributed by atoms with Crippen LogP contribution in [0, 0.1) is 24.4 Å². The summed E-state index contributed by atoms with van der Waals surface area (Å²) in [6, 6.07) is 15.5. The third-order valence-electron chi connectivity index (χ3n) is 4.20. The van der Waals surface area contributed by atoms with Crippen LogP contribution in [-0.2, 0) is 6.04 Å². The largest absolute Gasteiger partial charge is 0.207 e. The Kier molecular flexibility index (Phi) is 4.58. The van der Waals surface area contributed by atoms with Gasteiger partial charge >= 0.3 is 0 Å². The van der Waals surface area contributed by atoms with E-state index in [-0.39, 0.29) is 11.1 Å². The first-order valence-corrected chi connectivity index (χ1v) is 9.26. The molecule has 3 rings (SSSR count). The number of aryl methyl sites for hydroxylation is 1. The van der Waals surface area contributed by atoms with Gasteiger partial charge < -0.3 is 0 Å². The fourth-order valence-electron chi connectivity index (χ4n) is 2.70. The summed E-state index contributed by atoms with van der Waals surface area (Å²) in [6.07, 6.45) is 0. The Balaban J connectivity index is 2.06. The number of rotatable bonds is 3. The molecule has 0 saturated carbocycles. The van der Waals surface area contributed by atoms with E-state index in [0.29, 0.717) is 11.1 Å².